The first kappa shape index (κ1) is 18.8. The second-order valence-corrected chi connectivity index (χ2v) is 7.87. The lowest BCUT2D eigenvalue weighted by Crippen LogP contribution is -2.26. The summed E-state index contributed by atoms with van der Waals surface area (Å²) in [6.07, 6.45) is 4.46. The maximum atomic E-state index is 11.3. The van der Waals surface area contributed by atoms with Crippen LogP contribution in [0.5, 0.6) is 5.88 Å². The first-order valence-electron chi connectivity index (χ1n) is 9.56. The zero-order chi connectivity index (χ0) is 19.7. The summed E-state index contributed by atoms with van der Waals surface area (Å²) in [5.41, 5.74) is 3.98. The molecule has 2 aromatic rings. The Morgan fingerprint density at radius 3 is 2.57 bits per heavy atom. The molecular formula is C22H23ClN2O3. The fourth-order valence-corrected chi connectivity index (χ4v) is 3.89. The van der Waals surface area contributed by atoms with Crippen molar-refractivity contribution in [1.82, 2.24) is 9.88 Å². The van der Waals surface area contributed by atoms with Gasteiger partial charge in [-0.15, -0.1) is 0 Å². The van der Waals surface area contributed by atoms with E-state index in [1.165, 1.54) is 23.3 Å². The smallest absolute Gasteiger partial charge is 0.407 e. The van der Waals surface area contributed by atoms with Crippen molar-refractivity contribution in [3.05, 3.63) is 64.3 Å². The lowest BCUT2D eigenvalue weighted by molar-refractivity contribution is 0.155. The largest absolute Gasteiger partial charge is 0.481 e. The summed E-state index contributed by atoms with van der Waals surface area (Å²) in [7, 11) is 1.66. The fraction of sp³-hybridized carbons (Fsp3) is 0.364. The van der Waals surface area contributed by atoms with Gasteiger partial charge in [0.2, 0.25) is 5.88 Å². The van der Waals surface area contributed by atoms with Gasteiger partial charge in [0.05, 0.1) is 12.8 Å². The van der Waals surface area contributed by atoms with Crippen LogP contribution >= 0.6 is 11.6 Å². The van der Waals surface area contributed by atoms with E-state index in [1.54, 1.807) is 7.11 Å². The van der Waals surface area contributed by atoms with Crippen molar-refractivity contribution in [3.8, 4) is 5.88 Å². The van der Waals surface area contributed by atoms with Gasteiger partial charge in [0.15, 0.2) is 0 Å². The summed E-state index contributed by atoms with van der Waals surface area (Å²) in [6.45, 7) is 1.06. The molecule has 4 rings (SSSR count). The van der Waals surface area contributed by atoms with E-state index in [-0.39, 0.29) is 5.92 Å². The molecule has 146 valence electrons. The van der Waals surface area contributed by atoms with Crippen LogP contribution in [0.25, 0.3) is 5.57 Å². The number of likely N-dealkylation sites (tertiary alicyclic amines) is 1. The zero-order valence-corrected chi connectivity index (χ0v) is 16.5. The number of rotatable bonds is 5. The Kier molecular flexibility index (Phi) is 5.27. The quantitative estimate of drug-likeness (QED) is 0.765. The van der Waals surface area contributed by atoms with E-state index < -0.39 is 6.09 Å². The van der Waals surface area contributed by atoms with Crippen LogP contribution in [0.3, 0.4) is 0 Å². The van der Waals surface area contributed by atoms with E-state index in [0.717, 1.165) is 23.3 Å². The maximum Gasteiger partial charge on any atom is 0.407 e. The minimum atomic E-state index is -0.863. The molecule has 1 aromatic carbocycles. The average Bonchev–Trinajstić information content (AvgIpc) is 3.43. The van der Waals surface area contributed by atoms with Crippen LogP contribution in [0.1, 0.15) is 42.0 Å². The molecule has 1 atom stereocenters. The Morgan fingerprint density at radius 1 is 1.21 bits per heavy atom. The Balaban J connectivity index is 1.72. The number of methoxy groups -OCH3 is 1. The predicted octanol–water partition coefficient (Wildman–Crippen LogP) is 5.05. The first-order valence-corrected chi connectivity index (χ1v) is 9.94. The van der Waals surface area contributed by atoms with E-state index in [2.05, 4.69) is 12.1 Å². The van der Waals surface area contributed by atoms with Crippen LogP contribution in [0.15, 0.2) is 42.5 Å². The van der Waals surface area contributed by atoms with E-state index in [4.69, 9.17) is 21.3 Å². The van der Waals surface area contributed by atoms with Gasteiger partial charge in [-0.3, -0.25) is 0 Å². The molecule has 1 saturated heterocycles. The van der Waals surface area contributed by atoms with Crippen molar-refractivity contribution in [1.29, 1.82) is 0 Å². The van der Waals surface area contributed by atoms with Gasteiger partial charge in [0.25, 0.3) is 0 Å². The monoisotopic (exact) mass is 398 g/mol. The summed E-state index contributed by atoms with van der Waals surface area (Å²) in [5.74, 6) is 1.38. The van der Waals surface area contributed by atoms with Crippen LogP contribution in [0.2, 0.25) is 5.02 Å². The molecule has 1 aromatic heterocycles. The van der Waals surface area contributed by atoms with E-state index in [9.17, 15) is 9.90 Å². The van der Waals surface area contributed by atoms with Crippen molar-refractivity contribution >= 4 is 23.3 Å². The normalized spacial score (nSPS) is 19.7. The summed E-state index contributed by atoms with van der Waals surface area (Å²) < 4.78 is 5.57. The molecule has 0 spiro atoms. The Morgan fingerprint density at radius 2 is 1.96 bits per heavy atom. The van der Waals surface area contributed by atoms with Gasteiger partial charge in [0, 0.05) is 29.2 Å². The number of ether oxygens (including phenoxy) is 1. The van der Waals surface area contributed by atoms with Crippen LogP contribution in [-0.4, -0.2) is 41.3 Å². The molecule has 2 fully saturated rings. The molecule has 0 unspecified atom stereocenters. The molecule has 2 heterocycles. The number of aromatic nitrogens is 1. The molecule has 1 aliphatic heterocycles. The Bertz CT molecular complexity index is 906. The highest BCUT2D eigenvalue weighted by atomic mass is 35.5. The molecule has 5 nitrogen and oxygen atoms in total. The van der Waals surface area contributed by atoms with Crippen LogP contribution in [-0.2, 0) is 0 Å². The Hall–Kier alpha value is -2.53. The van der Waals surface area contributed by atoms with Crippen LogP contribution in [0, 0.1) is 5.92 Å². The minimum absolute atomic E-state index is 0.151. The topological polar surface area (TPSA) is 62.7 Å². The van der Waals surface area contributed by atoms with Crippen molar-refractivity contribution < 1.29 is 14.6 Å². The van der Waals surface area contributed by atoms with Crippen LogP contribution < -0.4 is 4.74 Å². The maximum absolute atomic E-state index is 11.3. The van der Waals surface area contributed by atoms with Crippen molar-refractivity contribution in [2.24, 2.45) is 5.92 Å². The third-order valence-electron chi connectivity index (χ3n) is 5.43. The second-order valence-electron chi connectivity index (χ2n) is 7.43. The van der Waals surface area contributed by atoms with Gasteiger partial charge in [-0.2, -0.15) is 0 Å². The summed E-state index contributed by atoms with van der Waals surface area (Å²) in [6, 6.07) is 11.8. The first-order chi connectivity index (χ1) is 13.5. The zero-order valence-electron chi connectivity index (χ0n) is 15.8. The van der Waals surface area contributed by atoms with Crippen LogP contribution in [0.4, 0.5) is 4.79 Å². The van der Waals surface area contributed by atoms with E-state index >= 15 is 0 Å². The fourth-order valence-electron chi connectivity index (χ4n) is 3.76. The van der Waals surface area contributed by atoms with Gasteiger partial charge in [0.1, 0.15) is 0 Å². The minimum Gasteiger partial charge on any atom is -0.481 e. The van der Waals surface area contributed by atoms with Gasteiger partial charge < -0.3 is 14.7 Å². The molecule has 0 bridgehead atoms. The third-order valence-corrected chi connectivity index (χ3v) is 5.68. The lowest BCUT2D eigenvalue weighted by atomic mass is 9.96. The molecular weight excluding hydrogens is 376 g/mol. The summed E-state index contributed by atoms with van der Waals surface area (Å²) in [4.78, 5) is 17.5. The number of benzene rings is 1. The molecule has 1 aliphatic carbocycles. The van der Waals surface area contributed by atoms with Crippen molar-refractivity contribution in [2.75, 3.05) is 20.2 Å². The molecule has 6 heteroatoms. The lowest BCUT2D eigenvalue weighted by Gasteiger charge is -2.15. The highest BCUT2D eigenvalue weighted by molar-refractivity contribution is 6.30. The Labute approximate surface area is 169 Å². The second kappa shape index (κ2) is 7.84. The molecule has 1 saturated carbocycles. The molecule has 0 radical (unpaired) electrons. The number of carbonyl (C=O) groups is 1. The summed E-state index contributed by atoms with van der Waals surface area (Å²) >= 11 is 6.07. The molecule has 1 amide bonds. The van der Waals surface area contributed by atoms with E-state index in [1.807, 2.05) is 30.3 Å². The highest BCUT2D eigenvalue weighted by Crippen LogP contribution is 2.44. The predicted molar refractivity (Wildman–Crippen MR) is 109 cm³/mol. The number of carboxylic acid groups (broad SMARTS) is 1. The van der Waals surface area contributed by atoms with Gasteiger partial charge in [-0.25, -0.2) is 9.78 Å². The average molecular weight is 399 g/mol. The van der Waals surface area contributed by atoms with E-state index in [0.29, 0.717) is 29.9 Å². The standard InChI is InChI=1S/C22H23ClN2O3/c1-28-21-18(15-2-3-15)8-9-20(24-21)19(16-4-6-17(23)7-5-16)12-14-10-11-25(13-14)22(26)27/h4-9,12,14-15H,2-3,10-11,13H2,1H3,(H,26,27)/t14-/m1/s1. The number of amides is 1. The third kappa shape index (κ3) is 3.99. The molecule has 28 heavy (non-hydrogen) atoms. The van der Waals surface area contributed by atoms with Gasteiger partial charge in [-0.05, 0) is 54.9 Å². The number of pyridine rings is 1. The number of hydrogen-bond donors (Lipinski definition) is 1. The van der Waals surface area contributed by atoms with Crippen molar-refractivity contribution in [2.45, 2.75) is 25.2 Å². The van der Waals surface area contributed by atoms with Gasteiger partial charge in [-0.1, -0.05) is 35.9 Å². The van der Waals surface area contributed by atoms with Gasteiger partial charge >= 0.3 is 6.09 Å². The number of halogens is 1. The number of hydrogen-bond acceptors (Lipinski definition) is 3. The SMILES string of the molecule is COc1nc(C(=C[C@H]2CCN(C(=O)O)C2)c2ccc(Cl)cc2)ccc1C1CC1. The molecule has 2 aliphatic rings. The van der Waals surface area contributed by atoms with Crippen molar-refractivity contribution in [3.63, 3.8) is 0 Å². The number of nitrogens with zero attached hydrogens (tertiary/aromatic N) is 2. The highest BCUT2D eigenvalue weighted by Gasteiger charge is 2.29. The molecule has 1 N–H and O–H groups in total. The summed E-state index contributed by atoms with van der Waals surface area (Å²) in [5, 5.41) is 9.92.